The Labute approximate surface area is 192 Å². The molecular weight excluding hydrogens is 447 g/mol. The Kier molecular flexibility index (Phi) is 6.86. The van der Waals surface area contributed by atoms with Gasteiger partial charge in [-0.3, -0.25) is 9.62 Å². The summed E-state index contributed by atoms with van der Waals surface area (Å²) in [6.45, 7) is 5.45. The van der Waals surface area contributed by atoms with Gasteiger partial charge >= 0.3 is 0 Å². The van der Waals surface area contributed by atoms with Crippen LogP contribution in [-0.4, -0.2) is 68.0 Å². The number of anilines is 3. The van der Waals surface area contributed by atoms with E-state index >= 15 is 4.39 Å². The Morgan fingerprint density at radius 1 is 1.09 bits per heavy atom. The van der Waals surface area contributed by atoms with Gasteiger partial charge < -0.3 is 10.2 Å². The highest BCUT2D eigenvalue weighted by atomic mass is 32.2. The van der Waals surface area contributed by atoms with Crippen LogP contribution in [0.15, 0.2) is 36.8 Å². The second-order valence-corrected chi connectivity index (χ2v) is 9.18. The molecule has 0 saturated carbocycles. The quantitative estimate of drug-likeness (QED) is 0.453. The maximum atomic E-state index is 15.2. The highest BCUT2D eigenvalue weighted by molar-refractivity contribution is 7.90. The average molecular weight is 475 g/mol. The van der Waals surface area contributed by atoms with Crippen molar-refractivity contribution in [3.05, 3.63) is 48.2 Å². The number of halogens is 1. The Morgan fingerprint density at radius 3 is 2.61 bits per heavy atom. The van der Waals surface area contributed by atoms with Crippen molar-refractivity contribution in [3.63, 3.8) is 0 Å². The molecule has 10 nitrogen and oxygen atoms in total. The molecular formula is C21H27FN8O2S. The second kappa shape index (κ2) is 9.81. The van der Waals surface area contributed by atoms with Crippen LogP contribution >= 0.6 is 0 Å². The summed E-state index contributed by atoms with van der Waals surface area (Å²) in [5, 5.41) is 3.61. The minimum absolute atomic E-state index is 0.272. The predicted molar refractivity (Wildman–Crippen MR) is 127 cm³/mol. The highest BCUT2D eigenvalue weighted by Gasteiger charge is 2.22. The highest BCUT2D eigenvalue weighted by Crippen LogP contribution is 2.29. The molecule has 3 N–H and O–H groups in total. The third-order valence-electron chi connectivity index (χ3n) is 5.48. The van der Waals surface area contributed by atoms with E-state index in [2.05, 4.69) is 34.6 Å². The maximum absolute atomic E-state index is 15.2. The molecule has 3 aromatic rings. The van der Waals surface area contributed by atoms with Gasteiger partial charge in [-0.25, -0.2) is 19.3 Å². The van der Waals surface area contributed by atoms with Crippen LogP contribution in [0, 0.1) is 5.82 Å². The van der Waals surface area contributed by atoms with Crippen LogP contribution < -0.4 is 19.7 Å². The lowest BCUT2D eigenvalue weighted by Crippen LogP contribution is -2.46. The minimum Gasteiger partial charge on any atom is -0.373 e. The molecule has 2 aromatic heterocycles. The summed E-state index contributed by atoms with van der Waals surface area (Å²) < 4.78 is 43.8. The van der Waals surface area contributed by atoms with Crippen molar-refractivity contribution in [2.75, 3.05) is 54.7 Å². The molecule has 4 rings (SSSR count). The molecule has 1 aliphatic rings. The summed E-state index contributed by atoms with van der Waals surface area (Å²) in [5.41, 5.74) is 1.78. The lowest BCUT2D eigenvalue weighted by molar-refractivity contribution is 0.249. The third kappa shape index (κ3) is 5.29. The molecule has 0 spiro atoms. The molecule has 3 heterocycles. The standard InChI is InChI=1S/C21H27FN8O2S/c1-3-27-33(31,32)28-18-12-15(6-7-24-18)13-29-8-10-30(11-9-29)17-5-4-16-20(19(17)22)25-14-26-21(16)23-2/h4-7,12,14,27H,3,8-11,13H2,1-2H3,(H,24,28)(H,23,25,26). The largest absolute Gasteiger partial charge is 0.373 e. The first-order valence-electron chi connectivity index (χ1n) is 10.7. The van der Waals surface area contributed by atoms with Gasteiger partial charge in [0.25, 0.3) is 10.2 Å². The van der Waals surface area contributed by atoms with Crippen LogP contribution in [0.1, 0.15) is 12.5 Å². The Hall–Kier alpha value is -3.09. The number of pyridine rings is 1. The van der Waals surface area contributed by atoms with E-state index in [9.17, 15) is 8.42 Å². The van der Waals surface area contributed by atoms with Gasteiger partial charge in [-0.1, -0.05) is 6.92 Å². The van der Waals surface area contributed by atoms with Crippen LogP contribution in [0.4, 0.5) is 21.7 Å². The number of nitrogens with zero attached hydrogens (tertiary/aromatic N) is 5. The number of nitrogens with one attached hydrogen (secondary N) is 3. The lowest BCUT2D eigenvalue weighted by atomic mass is 10.1. The number of benzene rings is 1. The fourth-order valence-corrected chi connectivity index (χ4v) is 4.77. The SMILES string of the molecule is CCNS(=O)(=O)Nc1cc(CN2CCN(c3ccc4c(NC)ncnc4c3F)CC2)ccn1. The summed E-state index contributed by atoms with van der Waals surface area (Å²) in [7, 11) is -1.88. The molecule has 12 heteroatoms. The van der Waals surface area contributed by atoms with Crippen molar-refractivity contribution in [1.29, 1.82) is 0 Å². The first-order valence-corrected chi connectivity index (χ1v) is 12.2. The van der Waals surface area contributed by atoms with Crippen LogP contribution in [0.25, 0.3) is 10.9 Å². The molecule has 1 fully saturated rings. The van der Waals surface area contributed by atoms with Crippen LogP contribution in [0.2, 0.25) is 0 Å². The number of hydrogen-bond acceptors (Lipinski definition) is 8. The van der Waals surface area contributed by atoms with E-state index in [1.165, 1.54) is 6.33 Å². The normalized spacial score (nSPS) is 15.1. The first kappa shape index (κ1) is 23.1. The van der Waals surface area contributed by atoms with Crippen molar-refractivity contribution in [2.24, 2.45) is 0 Å². The topological polar surface area (TPSA) is 115 Å². The first-order chi connectivity index (χ1) is 15.9. The molecule has 176 valence electrons. The van der Waals surface area contributed by atoms with E-state index < -0.39 is 10.2 Å². The van der Waals surface area contributed by atoms with E-state index in [1.54, 1.807) is 32.3 Å². The second-order valence-electron chi connectivity index (χ2n) is 7.68. The monoisotopic (exact) mass is 474 g/mol. The predicted octanol–water partition coefficient (Wildman–Crippen LogP) is 1.79. The number of piperazine rings is 1. The van der Waals surface area contributed by atoms with Crippen molar-refractivity contribution in [3.8, 4) is 0 Å². The average Bonchev–Trinajstić information content (AvgIpc) is 2.79. The van der Waals surface area contributed by atoms with Gasteiger partial charge in [0.05, 0.1) is 5.69 Å². The van der Waals surface area contributed by atoms with Crippen LogP contribution in [0.5, 0.6) is 0 Å². The zero-order valence-electron chi connectivity index (χ0n) is 18.5. The molecule has 1 saturated heterocycles. The molecule has 1 aromatic carbocycles. The van der Waals surface area contributed by atoms with Gasteiger partial charge in [0.2, 0.25) is 0 Å². The summed E-state index contributed by atoms with van der Waals surface area (Å²) >= 11 is 0. The molecule has 0 amide bonds. The number of rotatable bonds is 8. The summed E-state index contributed by atoms with van der Waals surface area (Å²) in [4.78, 5) is 16.6. The van der Waals surface area contributed by atoms with E-state index in [-0.39, 0.29) is 11.6 Å². The van der Waals surface area contributed by atoms with Crippen molar-refractivity contribution in [1.82, 2.24) is 24.6 Å². The molecule has 1 aliphatic heterocycles. The van der Waals surface area contributed by atoms with Crippen molar-refractivity contribution in [2.45, 2.75) is 13.5 Å². The van der Waals surface area contributed by atoms with E-state index in [0.29, 0.717) is 48.6 Å². The minimum atomic E-state index is -3.63. The molecule has 0 atom stereocenters. The Bertz CT molecular complexity index is 1230. The summed E-state index contributed by atoms with van der Waals surface area (Å²) in [6.07, 6.45) is 2.95. The van der Waals surface area contributed by atoms with Gasteiger partial charge in [-0.2, -0.15) is 13.1 Å². The van der Waals surface area contributed by atoms with E-state index in [4.69, 9.17) is 0 Å². The lowest BCUT2D eigenvalue weighted by Gasteiger charge is -2.36. The van der Waals surface area contributed by atoms with Gasteiger partial charge in [0.1, 0.15) is 23.5 Å². The number of aromatic nitrogens is 3. The molecule has 0 bridgehead atoms. The van der Waals surface area contributed by atoms with Gasteiger partial charge in [0.15, 0.2) is 5.82 Å². The maximum Gasteiger partial charge on any atom is 0.300 e. The zero-order chi connectivity index (χ0) is 23.4. The summed E-state index contributed by atoms with van der Waals surface area (Å²) in [6, 6.07) is 7.21. The smallest absolute Gasteiger partial charge is 0.300 e. The van der Waals surface area contributed by atoms with Crippen LogP contribution in [-0.2, 0) is 16.8 Å². The fraction of sp³-hybridized carbons (Fsp3) is 0.381. The van der Waals surface area contributed by atoms with Crippen molar-refractivity contribution >= 4 is 38.4 Å². The molecule has 0 aliphatic carbocycles. The zero-order valence-corrected chi connectivity index (χ0v) is 19.4. The van der Waals surface area contributed by atoms with Gasteiger partial charge in [0, 0.05) is 57.9 Å². The number of hydrogen-bond donors (Lipinski definition) is 3. The van der Waals surface area contributed by atoms with Crippen LogP contribution in [0.3, 0.4) is 0 Å². The van der Waals surface area contributed by atoms with E-state index in [1.807, 2.05) is 17.0 Å². The summed E-state index contributed by atoms with van der Waals surface area (Å²) in [5.74, 6) is 0.527. The third-order valence-corrected chi connectivity index (χ3v) is 6.62. The number of fused-ring (bicyclic) bond motifs is 1. The Morgan fingerprint density at radius 2 is 1.88 bits per heavy atom. The molecule has 33 heavy (non-hydrogen) atoms. The van der Waals surface area contributed by atoms with Gasteiger partial charge in [-0.05, 0) is 29.8 Å². The molecule has 0 radical (unpaired) electrons. The Balaban J connectivity index is 1.41. The van der Waals surface area contributed by atoms with E-state index in [0.717, 1.165) is 18.7 Å². The van der Waals surface area contributed by atoms with Gasteiger partial charge in [-0.15, -0.1) is 0 Å². The molecule has 0 unspecified atom stereocenters. The fourth-order valence-electron chi connectivity index (χ4n) is 3.93. The van der Waals surface area contributed by atoms with Crippen molar-refractivity contribution < 1.29 is 12.8 Å².